The van der Waals surface area contributed by atoms with E-state index in [1.807, 2.05) is 36.4 Å². The van der Waals surface area contributed by atoms with Gasteiger partial charge in [-0.2, -0.15) is 4.80 Å². The molecule has 6 nitrogen and oxygen atoms in total. The molecule has 3 aromatic rings. The number of rotatable bonds is 6. The second-order valence-corrected chi connectivity index (χ2v) is 6.79. The summed E-state index contributed by atoms with van der Waals surface area (Å²) >= 11 is 0. The largest absolute Gasteiger partial charge is 0.354 e. The van der Waals surface area contributed by atoms with Crippen molar-refractivity contribution in [2.24, 2.45) is 0 Å². The Morgan fingerprint density at radius 1 is 1.04 bits per heavy atom. The molecule has 0 saturated heterocycles. The van der Waals surface area contributed by atoms with E-state index < -0.39 is 0 Å². The molecular formula is C20H21N5O. The molecule has 1 N–H and O–H groups in total. The average molecular weight is 347 g/mol. The van der Waals surface area contributed by atoms with E-state index >= 15 is 0 Å². The number of nitrogens with zero attached hydrogens (tertiary/aromatic N) is 4. The van der Waals surface area contributed by atoms with Crippen LogP contribution >= 0.6 is 0 Å². The molecule has 26 heavy (non-hydrogen) atoms. The van der Waals surface area contributed by atoms with E-state index in [1.54, 1.807) is 0 Å². The Morgan fingerprint density at radius 3 is 2.38 bits per heavy atom. The molecule has 0 radical (unpaired) electrons. The minimum Gasteiger partial charge on any atom is -0.354 e. The van der Waals surface area contributed by atoms with E-state index in [9.17, 15) is 4.79 Å². The lowest BCUT2D eigenvalue weighted by molar-refractivity contribution is -0.122. The summed E-state index contributed by atoms with van der Waals surface area (Å²) in [5.41, 5.74) is 2.26. The maximum absolute atomic E-state index is 12.3. The van der Waals surface area contributed by atoms with Crippen LogP contribution in [0.3, 0.4) is 0 Å². The van der Waals surface area contributed by atoms with Crippen molar-refractivity contribution in [2.75, 3.05) is 6.54 Å². The van der Waals surface area contributed by atoms with Crippen LogP contribution in [0, 0.1) is 0 Å². The summed E-state index contributed by atoms with van der Waals surface area (Å²) in [6.45, 7) is 0.723. The monoisotopic (exact) mass is 347 g/mol. The van der Waals surface area contributed by atoms with Crippen molar-refractivity contribution < 1.29 is 4.79 Å². The molecule has 132 valence electrons. The Labute approximate surface area is 152 Å². The molecule has 4 rings (SSSR count). The molecule has 0 spiro atoms. The third-order valence-corrected chi connectivity index (χ3v) is 5.09. The summed E-state index contributed by atoms with van der Waals surface area (Å²) in [7, 11) is 0. The summed E-state index contributed by atoms with van der Waals surface area (Å²) in [6.07, 6.45) is 3.42. The fourth-order valence-electron chi connectivity index (χ4n) is 3.43. The van der Waals surface area contributed by atoms with Gasteiger partial charge in [0.15, 0.2) is 0 Å². The maximum atomic E-state index is 12.3. The molecule has 1 heterocycles. The highest BCUT2D eigenvalue weighted by molar-refractivity contribution is 5.75. The van der Waals surface area contributed by atoms with Gasteiger partial charge in [0, 0.05) is 17.5 Å². The molecule has 0 atom stereocenters. The molecule has 6 heteroatoms. The zero-order valence-electron chi connectivity index (χ0n) is 14.5. The van der Waals surface area contributed by atoms with Gasteiger partial charge in [0.05, 0.1) is 0 Å². The number of amides is 1. The predicted octanol–water partition coefficient (Wildman–Crippen LogP) is 2.58. The van der Waals surface area contributed by atoms with Crippen LogP contribution in [-0.4, -0.2) is 32.7 Å². The number of nitrogens with one attached hydrogen (secondary N) is 1. The molecule has 0 bridgehead atoms. The Balaban J connectivity index is 1.37. The van der Waals surface area contributed by atoms with Gasteiger partial charge < -0.3 is 5.32 Å². The lowest BCUT2D eigenvalue weighted by atomic mass is 9.64. The highest BCUT2D eigenvalue weighted by Gasteiger charge is 2.38. The number of hydrogen-bond donors (Lipinski definition) is 1. The van der Waals surface area contributed by atoms with E-state index in [-0.39, 0.29) is 17.9 Å². The second-order valence-electron chi connectivity index (χ2n) is 6.79. The minimum atomic E-state index is -0.0933. The standard InChI is InChI=1S/C20H21N5O/c26-18(14-25-23-19(22-24-25)16-8-3-1-4-9-16)21-15-20(12-7-13-20)17-10-5-2-6-11-17/h1-6,8-11H,7,12-15H2,(H,21,26). The van der Waals surface area contributed by atoms with Gasteiger partial charge >= 0.3 is 0 Å². The van der Waals surface area contributed by atoms with Crippen molar-refractivity contribution in [3.63, 3.8) is 0 Å². The van der Waals surface area contributed by atoms with Crippen molar-refractivity contribution in [1.29, 1.82) is 0 Å². The molecule has 1 aromatic heterocycles. The van der Waals surface area contributed by atoms with Crippen LogP contribution in [0.25, 0.3) is 11.4 Å². The Kier molecular flexibility index (Phi) is 4.48. The highest BCUT2D eigenvalue weighted by atomic mass is 16.2. The van der Waals surface area contributed by atoms with Gasteiger partial charge in [0.1, 0.15) is 6.54 Å². The molecule has 1 amide bonds. The number of carbonyl (C=O) groups excluding carboxylic acids is 1. The number of tetrazole rings is 1. The summed E-state index contributed by atoms with van der Waals surface area (Å²) in [4.78, 5) is 13.7. The third kappa shape index (κ3) is 3.35. The van der Waals surface area contributed by atoms with Gasteiger partial charge in [-0.15, -0.1) is 10.2 Å². The zero-order chi connectivity index (χ0) is 17.8. The Hall–Kier alpha value is -3.02. The molecule has 1 fully saturated rings. The zero-order valence-corrected chi connectivity index (χ0v) is 14.5. The topological polar surface area (TPSA) is 72.7 Å². The number of carbonyl (C=O) groups is 1. The van der Waals surface area contributed by atoms with Crippen molar-refractivity contribution in [3.05, 3.63) is 66.2 Å². The van der Waals surface area contributed by atoms with E-state index in [4.69, 9.17) is 0 Å². The fourth-order valence-corrected chi connectivity index (χ4v) is 3.43. The van der Waals surface area contributed by atoms with E-state index in [0.717, 1.165) is 18.4 Å². The van der Waals surface area contributed by atoms with Crippen LogP contribution < -0.4 is 5.32 Å². The second kappa shape index (κ2) is 7.07. The number of aromatic nitrogens is 4. The molecule has 1 aliphatic carbocycles. The van der Waals surface area contributed by atoms with Crippen molar-refractivity contribution >= 4 is 5.91 Å². The van der Waals surface area contributed by atoms with Gasteiger partial charge in [-0.25, -0.2) is 0 Å². The quantitative estimate of drug-likeness (QED) is 0.744. The van der Waals surface area contributed by atoms with E-state index in [2.05, 4.69) is 45.0 Å². The smallest absolute Gasteiger partial charge is 0.243 e. The van der Waals surface area contributed by atoms with Crippen molar-refractivity contribution in [2.45, 2.75) is 31.2 Å². The van der Waals surface area contributed by atoms with Crippen LogP contribution in [0.5, 0.6) is 0 Å². The first-order valence-electron chi connectivity index (χ1n) is 8.91. The summed E-state index contributed by atoms with van der Waals surface area (Å²) in [5, 5.41) is 15.4. The average Bonchev–Trinajstić information content (AvgIpc) is 3.11. The summed E-state index contributed by atoms with van der Waals surface area (Å²) < 4.78 is 0. The molecule has 0 aliphatic heterocycles. The summed E-state index contributed by atoms with van der Waals surface area (Å²) in [6, 6.07) is 20.0. The molecule has 1 saturated carbocycles. The number of hydrogen-bond acceptors (Lipinski definition) is 4. The van der Waals surface area contributed by atoms with Crippen molar-refractivity contribution in [3.8, 4) is 11.4 Å². The van der Waals surface area contributed by atoms with Gasteiger partial charge in [-0.1, -0.05) is 67.1 Å². The molecular weight excluding hydrogens is 326 g/mol. The lowest BCUT2D eigenvalue weighted by Crippen LogP contribution is -2.46. The first-order chi connectivity index (χ1) is 12.8. The van der Waals surface area contributed by atoms with Crippen LogP contribution in [0.4, 0.5) is 0 Å². The molecule has 2 aromatic carbocycles. The summed E-state index contributed by atoms with van der Waals surface area (Å²) in [5.74, 6) is 0.433. The molecule has 0 unspecified atom stereocenters. The maximum Gasteiger partial charge on any atom is 0.243 e. The third-order valence-electron chi connectivity index (χ3n) is 5.09. The normalized spacial score (nSPS) is 15.2. The highest BCUT2D eigenvalue weighted by Crippen LogP contribution is 2.43. The first kappa shape index (κ1) is 16.4. The number of benzene rings is 2. The SMILES string of the molecule is O=C(Cn1nnc(-c2ccccc2)n1)NCC1(c2ccccc2)CCC1. The van der Waals surface area contributed by atoms with E-state index in [1.165, 1.54) is 16.8 Å². The van der Waals surface area contributed by atoms with Gasteiger partial charge in [0.25, 0.3) is 0 Å². The van der Waals surface area contributed by atoms with Gasteiger partial charge in [0.2, 0.25) is 11.7 Å². The fraction of sp³-hybridized carbons (Fsp3) is 0.300. The minimum absolute atomic E-state index is 0.0713. The predicted molar refractivity (Wildman–Crippen MR) is 98.2 cm³/mol. The van der Waals surface area contributed by atoms with Crippen LogP contribution in [0.1, 0.15) is 24.8 Å². The first-order valence-corrected chi connectivity index (χ1v) is 8.91. The lowest BCUT2D eigenvalue weighted by Gasteiger charge is -2.42. The Morgan fingerprint density at radius 2 is 1.73 bits per heavy atom. The van der Waals surface area contributed by atoms with Crippen LogP contribution in [0.2, 0.25) is 0 Å². The van der Waals surface area contributed by atoms with Crippen LogP contribution in [0.15, 0.2) is 60.7 Å². The van der Waals surface area contributed by atoms with Gasteiger partial charge in [-0.3, -0.25) is 4.79 Å². The van der Waals surface area contributed by atoms with Crippen LogP contribution in [-0.2, 0) is 16.8 Å². The Bertz CT molecular complexity index is 871. The van der Waals surface area contributed by atoms with Gasteiger partial charge in [-0.05, 0) is 23.6 Å². The van der Waals surface area contributed by atoms with Crippen molar-refractivity contribution in [1.82, 2.24) is 25.5 Å². The molecule has 1 aliphatic rings. The van der Waals surface area contributed by atoms with E-state index in [0.29, 0.717) is 12.4 Å².